The summed E-state index contributed by atoms with van der Waals surface area (Å²) in [6, 6.07) is 13.1. The Balaban J connectivity index is 1.73. The zero-order chi connectivity index (χ0) is 19.4. The molecule has 2 aromatic carbocycles. The number of thioether (sulfide) groups is 1. The highest BCUT2D eigenvalue weighted by Gasteiger charge is 2.29. The summed E-state index contributed by atoms with van der Waals surface area (Å²) >= 11 is 0.971. The van der Waals surface area contributed by atoms with Crippen molar-refractivity contribution in [2.24, 2.45) is 0 Å². The summed E-state index contributed by atoms with van der Waals surface area (Å²) in [5.74, 6) is -0.951. The molecule has 1 N–H and O–H groups in total. The van der Waals surface area contributed by atoms with Crippen molar-refractivity contribution >= 4 is 40.5 Å². The van der Waals surface area contributed by atoms with Crippen LogP contribution in [-0.4, -0.2) is 40.8 Å². The lowest BCUT2D eigenvalue weighted by molar-refractivity contribution is -0.125. The van der Waals surface area contributed by atoms with Crippen LogP contribution in [0.25, 0.3) is 0 Å². The highest BCUT2D eigenvalue weighted by Crippen LogP contribution is 2.22. The number of hydrogen-bond acceptors (Lipinski definition) is 6. The number of carbonyl (C=O) groups excluding carboxylic acids is 4. The highest BCUT2D eigenvalue weighted by atomic mass is 32.2. The topological polar surface area (TPSA) is 92.8 Å². The van der Waals surface area contributed by atoms with Crippen molar-refractivity contribution in [2.45, 2.75) is 6.54 Å². The van der Waals surface area contributed by atoms with Gasteiger partial charge in [0.05, 0.1) is 25.0 Å². The maximum atomic E-state index is 12.5. The third kappa shape index (κ3) is 4.35. The number of nitrogens with one attached hydrogen (secondary N) is 1. The molecule has 8 heteroatoms. The Labute approximate surface area is 159 Å². The van der Waals surface area contributed by atoms with Crippen molar-refractivity contribution in [1.82, 2.24) is 4.90 Å². The maximum Gasteiger partial charge on any atom is 0.337 e. The first-order valence-electron chi connectivity index (χ1n) is 8.03. The van der Waals surface area contributed by atoms with Crippen molar-refractivity contribution in [1.29, 1.82) is 0 Å². The molecule has 0 saturated carbocycles. The van der Waals surface area contributed by atoms with Crippen LogP contribution in [0.15, 0.2) is 48.5 Å². The monoisotopic (exact) mass is 384 g/mol. The molecule has 1 saturated heterocycles. The van der Waals surface area contributed by atoms with E-state index in [1.165, 1.54) is 18.1 Å². The van der Waals surface area contributed by atoms with Gasteiger partial charge >= 0.3 is 5.97 Å². The van der Waals surface area contributed by atoms with Gasteiger partial charge in [-0.1, -0.05) is 30.0 Å². The van der Waals surface area contributed by atoms with Crippen LogP contribution >= 0.6 is 11.8 Å². The number of esters is 1. The Hall–Kier alpha value is -3.13. The highest BCUT2D eigenvalue weighted by molar-refractivity contribution is 8.14. The fraction of sp³-hybridized carbons (Fsp3) is 0.158. The van der Waals surface area contributed by atoms with Gasteiger partial charge in [-0.15, -0.1) is 0 Å². The molecule has 1 aliphatic heterocycles. The number of benzene rings is 2. The summed E-state index contributed by atoms with van der Waals surface area (Å²) in [6.07, 6.45) is 0. The van der Waals surface area contributed by atoms with Crippen molar-refractivity contribution in [3.05, 3.63) is 65.2 Å². The van der Waals surface area contributed by atoms with Crippen LogP contribution in [0.1, 0.15) is 26.3 Å². The summed E-state index contributed by atoms with van der Waals surface area (Å²) in [6.45, 7) is 0.129. The van der Waals surface area contributed by atoms with Gasteiger partial charge in [-0.3, -0.25) is 19.3 Å². The second kappa shape index (κ2) is 8.05. The third-order valence-corrected chi connectivity index (χ3v) is 4.77. The molecule has 0 aliphatic carbocycles. The van der Waals surface area contributed by atoms with Gasteiger partial charge in [-0.25, -0.2) is 4.79 Å². The summed E-state index contributed by atoms with van der Waals surface area (Å²) < 4.78 is 4.66. The van der Waals surface area contributed by atoms with Crippen LogP contribution in [0.5, 0.6) is 0 Å². The molecule has 0 radical (unpaired) electrons. The van der Waals surface area contributed by atoms with Crippen LogP contribution < -0.4 is 5.32 Å². The van der Waals surface area contributed by atoms with E-state index in [9.17, 15) is 19.2 Å². The number of ether oxygens (including phenoxy) is 1. The quantitative estimate of drug-likeness (QED) is 0.797. The Morgan fingerprint density at radius 2 is 1.85 bits per heavy atom. The molecule has 0 bridgehead atoms. The second-order valence-corrected chi connectivity index (χ2v) is 6.69. The minimum Gasteiger partial charge on any atom is -0.465 e. The lowest BCUT2D eigenvalue weighted by atomic mass is 10.1. The fourth-order valence-electron chi connectivity index (χ4n) is 2.57. The zero-order valence-corrected chi connectivity index (χ0v) is 15.2. The number of nitrogens with zero attached hydrogens (tertiary/aromatic N) is 1. The number of carbonyl (C=O) groups is 4. The number of hydrogen-bond donors (Lipinski definition) is 1. The van der Waals surface area contributed by atoms with Gasteiger partial charge in [0.25, 0.3) is 11.1 Å². The van der Waals surface area contributed by atoms with Gasteiger partial charge < -0.3 is 10.1 Å². The first kappa shape index (κ1) is 18.7. The van der Waals surface area contributed by atoms with Gasteiger partial charge in [0.1, 0.15) is 0 Å². The molecule has 138 valence electrons. The number of imide groups is 1. The average Bonchev–Trinajstić information content (AvgIpc) is 2.99. The first-order chi connectivity index (χ1) is 13.0. The summed E-state index contributed by atoms with van der Waals surface area (Å²) in [5, 5.41) is 2.43. The lowest BCUT2D eigenvalue weighted by Gasteiger charge is -2.13. The van der Waals surface area contributed by atoms with Gasteiger partial charge in [-0.05, 0) is 35.9 Å². The average molecular weight is 384 g/mol. The zero-order valence-electron chi connectivity index (χ0n) is 14.4. The molecule has 0 aromatic heterocycles. The largest absolute Gasteiger partial charge is 0.465 e. The van der Waals surface area contributed by atoms with E-state index in [2.05, 4.69) is 10.1 Å². The first-order valence-corrected chi connectivity index (χ1v) is 9.02. The Morgan fingerprint density at radius 1 is 1.11 bits per heavy atom. The summed E-state index contributed by atoms with van der Waals surface area (Å²) in [4.78, 5) is 48.7. The summed E-state index contributed by atoms with van der Waals surface area (Å²) in [5.41, 5.74) is 1.83. The number of anilines is 1. The molecule has 0 spiro atoms. The van der Waals surface area contributed by atoms with Crippen LogP contribution in [0, 0.1) is 0 Å². The molecule has 1 aliphatic rings. The van der Waals surface area contributed by atoms with E-state index in [4.69, 9.17) is 0 Å². The molecule has 1 fully saturated rings. The molecular weight excluding hydrogens is 368 g/mol. The molecular formula is C19H16N2O5S. The van der Waals surface area contributed by atoms with Crippen molar-refractivity contribution in [3.8, 4) is 0 Å². The lowest BCUT2D eigenvalue weighted by Crippen LogP contribution is -2.28. The van der Waals surface area contributed by atoms with Crippen molar-refractivity contribution in [3.63, 3.8) is 0 Å². The van der Waals surface area contributed by atoms with E-state index >= 15 is 0 Å². The van der Waals surface area contributed by atoms with E-state index in [1.54, 1.807) is 42.5 Å². The number of methoxy groups -OCH3 is 1. The van der Waals surface area contributed by atoms with E-state index < -0.39 is 5.97 Å². The Kier molecular flexibility index (Phi) is 5.56. The van der Waals surface area contributed by atoms with Gasteiger partial charge in [-0.2, -0.15) is 0 Å². The maximum absolute atomic E-state index is 12.5. The van der Waals surface area contributed by atoms with Crippen LogP contribution in [0.2, 0.25) is 0 Å². The smallest absolute Gasteiger partial charge is 0.337 e. The Bertz CT molecular complexity index is 912. The van der Waals surface area contributed by atoms with Gasteiger partial charge in [0.2, 0.25) is 5.91 Å². The van der Waals surface area contributed by atoms with Crippen LogP contribution in [0.3, 0.4) is 0 Å². The fourth-order valence-corrected chi connectivity index (χ4v) is 3.30. The number of rotatable bonds is 5. The predicted molar refractivity (Wildman–Crippen MR) is 101 cm³/mol. The third-order valence-electron chi connectivity index (χ3n) is 3.91. The van der Waals surface area contributed by atoms with Crippen LogP contribution in [-0.2, 0) is 16.1 Å². The molecule has 27 heavy (non-hydrogen) atoms. The van der Waals surface area contributed by atoms with E-state index in [0.717, 1.165) is 11.8 Å². The minimum absolute atomic E-state index is 0.129. The normalized spacial score (nSPS) is 13.6. The van der Waals surface area contributed by atoms with Crippen molar-refractivity contribution in [2.75, 3.05) is 18.2 Å². The van der Waals surface area contributed by atoms with E-state index in [-0.39, 0.29) is 29.4 Å². The van der Waals surface area contributed by atoms with Gasteiger partial charge in [0, 0.05) is 11.3 Å². The summed E-state index contributed by atoms with van der Waals surface area (Å²) in [7, 11) is 1.29. The Morgan fingerprint density at radius 3 is 2.56 bits per heavy atom. The SMILES string of the molecule is COC(=O)c1cccc(NC(=O)c2cccc(CN3C(=O)CSC3=O)c2)c1. The second-order valence-electron chi connectivity index (χ2n) is 5.76. The van der Waals surface area contributed by atoms with Gasteiger partial charge in [0.15, 0.2) is 0 Å². The molecule has 3 amide bonds. The number of amides is 3. The predicted octanol–water partition coefficient (Wildman–Crippen LogP) is 2.92. The standard InChI is InChI=1S/C19H16N2O5S/c1-26-18(24)14-6-3-7-15(9-14)20-17(23)13-5-2-4-12(8-13)10-21-16(22)11-27-19(21)25/h2-9H,10-11H2,1H3,(H,20,23). The van der Waals surface area contributed by atoms with E-state index in [1.807, 2.05) is 0 Å². The molecule has 3 rings (SSSR count). The molecule has 0 atom stereocenters. The molecule has 2 aromatic rings. The molecule has 1 heterocycles. The van der Waals surface area contributed by atoms with E-state index in [0.29, 0.717) is 22.4 Å². The van der Waals surface area contributed by atoms with Crippen molar-refractivity contribution < 1.29 is 23.9 Å². The molecule has 0 unspecified atom stereocenters. The van der Waals surface area contributed by atoms with Crippen LogP contribution in [0.4, 0.5) is 10.5 Å². The molecule has 7 nitrogen and oxygen atoms in total. The minimum atomic E-state index is -0.495.